The molecule has 1 aromatic rings. The van der Waals surface area contributed by atoms with E-state index in [1.54, 1.807) is 0 Å². The number of nitrogens with zero attached hydrogens (tertiary/aromatic N) is 1. The molecule has 0 saturated heterocycles. The van der Waals surface area contributed by atoms with Crippen molar-refractivity contribution < 1.29 is 14.3 Å². The van der Waals surface area contributed by atoms with Crippen molar-refractivity contribution in [3.8, 4) is 0 Å². The van der Waals surface area contributed by atoms with Crippen LogP contribution in [-0.2, 0) is 20.7 Å². The number of methoxy groups -OCH3 is 1. The Morgan fingerprint density at radius 2 is 2.33 bits per heavy atom. The summed E-state index contributed by atoms with van der Waals surface area (Å²) in [6.07, 6.45) is 0.221. The van der Waals surface area contributed by atoms with Crippen molar-refractivity contribution in [1.29, 1.82) is 0 Å². The van der Waals surface area contributed by atoms with Crippen LogP contribution in [0.25, 0.3) is 0 Å². The molecule has 0 bridgehead atoms. The van der Waals surface area contributed by atoms with Crippen LogP contribution in [0.4, 0.5) is 5.13 Å². The van der Waals surface area contributed by atoms with E-state index < -0.39 is 0 Å². The molecule has 1 aromatic heterocycles. The first-order valence-corrected chi connectivity index (χ1v) is 6.82. The molecular formula is C12H20N2O3S. The second-order valence-corrected chi connectivity index (χ2v) is 5.15. The molecule has 6 heteroatoms. The second kappa shape index (κ2) is 8.05. The highest BCUT2D eigenvalue weighted by atomic mass is 32.1. The van der Waals surface area contributed by atoms with Gasteiger partial charge in [0, 0.05) is 18.5 Å². The largest absolute Gasteiger partial charge is 0.469 e. The van der Waals surface area contributed by atoms with Gasteiger partial charge in [-0.15, -0.1) is 11.3 Å². The number of anilines is 1. The summed E-state index contributed by atoms with van der Waals surface area (Å²) in [5.74, 6) is 0.281. The first kappa shape index (κ1) is 14.9. The van der Waals surface area contributed by atoms with Crippen LogP contribution in [0.2, 0.25) is 0 Å². The van der Waals surface area contributed by atoms with Crippen LogP contribution >= 0.6 is 11.3 Å². The third-order valence-electron chi connectivity index (χ3n) is 2.08. The number of nitrogens with one attached hydrogen (secondary N) is 1. The second-order valence-electron chi connectivity index (χ2n) is 4.29. The van der Waals surface area contributed by atoms with Crippen molar-refractivity contribution in [1.82, 2.24) is 4.98 Å². The van der Waals surface area contributed by atoms with Crippen LogP contribution in [0.5, 0.6) is 0 Å². The number of rotatable bonds is 8. The molecule has 0 saturated carbocycles. The first-order valence-electron chi connectivity index (χ1n) is 5.94. The van der Waals surface area contributed by atoms with E-state index in [1.165, 1.54) is 18.4 Å². The van der Waals surface area contributed by atoms with E-state index in [-0.39, 0.29) is 12.4 Å². The lowest BCUT2D eigenvalue weighted by Crippen LogP contribution is -2.12. The molecule has 0 unspecified atom stereocenters. The molecule has 1 rings (SSSR count). The smallest absolute Gasteiger partial charge is 0.311 e. The summed E-state index contributed by atoms with van der Waals surface area (Å²) in [4.78, 5) is 15.3. The number of carbonyl (C=O) groups is 1. The summed E-state index contributed by atoms with van der Waals surface area (Å²) in [5.41, 5.74) is 0.734. The minimum atomic E-state index is -0.271. The standard InChI is InChI=1S/C12H20N2O3S/c1-9(2)7-17-5-4-13-12-14-10(8-18-12)6-11(15)16-3/h8-9H,4-7H2,1-3H3,(H,13,14). The Balaban J connectivity index is 2.21. The molecule has 0 fully saturated rings. The van der Waals surface area contributed by atoms with E-state index >= 15 is 0 Å². The van der Waals surface area contributed by atoms with Gasteiger partial charge in [0.05, 0.1) is 25.8 Å². The summed E-state index contributed by atoms with van der Waals surface area (Å²) in [6, 6.07) is 0. The molecular weight excluding hydrogens is 252 g/mol. The Labute approximate surface area is 112 Å². The van der Waals surface area contributed by atoms with E-state index in [0.717, 1.165) is 24.0 Å². The zero-order chi connectivity index (χ0) is 13.4. The fourth-order valence-electron chi connectivity index (χ4n) is 1.24. The van der Waals surface area contributed by atoms with Gasteiger partial charge in [-0.1, -0.05) is 13.8 Å². The topological polar surface area (TPSA) is 60.5 Å². The SMILES string of the molecule is COC(=O)Cc1csc(NCCOCC(C)C)n1. The number of hydrogen-bond donors (Lipinski definition) is 1. The van der Waals surface area contributed by atoms with Gasteiger partial charge >= 0.3 is 5.97 Å². The van der Waals surface area contributed by atoms with Crippen molar-refractivity contribution in [3.63, 3.8) is 0 Å². The van der Waals surface area contributed by atoms with Crippen LogP contribution in [0.1, 0.15) is 19.5 Å². The fourth-order valence-corrected chi connectivity index (χ4v) is 1.98. The van der Waals surface area contributed by atoms with Crippen LogP contribution in [0, 0.1) is 5.92 Å². The zero-order valence-electron chi connectivity index (χ0n) is 11.1. The third kappa shape index (κ3) is 5.97. The minimum Gasteiger partial charge on any atom is -0.469 e. The van der Waals surface area contributed by atoms with Gasteiger partial charge in [0.1, 0.15) is 0 Å². The van der Waals surface area contributed by atoms with Gasteiger partial charge in [0.25, 0.3) is 0 Å². The maximum atomic E-state index is 11.1. The molecule has 1 N–H and O–H groups in total. The van der Waals surface area contributed by atoms with E-state index in [1.807, 2.05) is 5.38 Å². The Kier molecular flexibility index (Phi) is 6.67. The van der Waals surface area contributed by atoms with Crippen molar-refractivity contribution >= 4 is 22.4 Å². The third-order valence-corrected chi connectivity index (χ3v) is 2.93. The quantitative estimate of drug-likeness (QED) is 0.579. The lowest BCUT2D eigenvalue weighted by Gasteiger charge is -2.06. The van der Waals surface area contributed by atoms with E-state index in [4.69, 9.17) is 4.74 Å². The normalized spacial score (nSPS) is 10.7. The Bertz CT molecular complexity index is 366. The van der Waals surface area contributed by atoms with Crippen molar-refractivity contribution in [2.75, 3.05) is 32.2 Å². The average molecular weight is 272 g/mol. The highest BCUT2D eigenvalue weighted by molar-refractivity contribution is 7.13. The van der Waals surface area contributed by atoms with Crippen LogP contribution in [0.3, 0.4) is 0 Å². The van der Waals surface area contributed by atoms with E-state index in [0.29, 0.717) is 12.5 Å². The fraction of sp³-hybridized carbons (Fsp3) is 0.667. The number of esters is 1. The minimum absolute atomic E-state index is 0.221. The van der Waals surface area contributed by atoms with Gasteiger partial charge in [-0.25, -0.2) is 4.98 Å². The number of hydrogen-bond acceptors (Lipinski definition) is 6. The van der Waals surface area contributed by atoms with Gasteiger partial charge in [0.15, 0.2) is 5.13 Å². The molecule has 0 atom stereocenters. The summed E-state index contributed by atoms with van der Waals surface area (Å²) in [6.45, 7) is 6.38. The van der Waals surface area contributed by atoms with Crippen molar-refractivity contribution in [3.05, 3.63) is 11.1 Å². The Hall–Kier alpha value is -1.14. The molecule has 102 valence electrons. The molecule has 0 aromatic carbocycles. The summed E-state index contributed by atoms with van der Waals surface area (Å²) in [5, 5.41) is 5.82. The molecule has 1 heterocycles. The Morgan fingerprint density at radius 3 is 3.00 bits per heavy atom. The summed E-state index contributed by atoms with van der Waals surface area (Å²) in [7, 11) is 1.37. The molecule has 0 amide bonds. The molecule has 0 aliphatic heterocycles. The summed E-state index contributed by atoms with van der Waals surface area (Å²) >= 11 is 1.48. The highest BCUT2D eigenvalue weighted by Crippen LogP contribution is 2.15. The van der Waals surface area contributed by atoms with Crippen molar-refractivity contribution in [2.45, 2.75) is 20.3 Å². The number of ether oxygens (including phenoxy) is 2. The molecule has 18 heavy (non-hydrogen) atoms. The molecule has 0 spiro atoms. The zero-order valence-corrected chi connectivity index (χ0v) is 11.9. The van der Waals surface area contributed by atoms with Crippen LogP contribution < -0.4 is 5.32 Å². The number of thiazole rings is 1. The predicted octanol–water partition coefficient (Wildman–Crippen LogP) is 1.94. The van der Waals surface area contributed by atoms with Crippen LogP contribution in [-0.4, -0.2) is 37.8 Å². The lowest BCUT2D eigenvalue weighted by atomic mass is 10.2. The van der Waals surface area contributed by atoms with Gasteiger partial charge in [0.2, 0.25) is 0 Å². The monoisotopic (exact) mass is 272 g/mol. The molecule has 0 aliphatic carbocycles. The van der Waals surface area contributed by atoms with E-state index in [2.05, 4.69) is 28.9 Å². The maximum Gasteiger partial charge on any atom is 0.311 e. The molecule has 0 radical (unpaired) electrons. The van der Waals surface area contributed by atoms with Gasteiger partial charge in [-0.3, -0.25) is 4.79 Å². The maximum absolute atomic E-state index is 11.1. The first-order chi connectivity index (χ1) is 8.61. The van der Waals surface area contributed by atoms with E-state index in [9.17, 15) is 4.79 Å². The summed E-state index contributed by atoms with van der Waals surface area (Å²) < 4.78 is 10.0. The number of carbonyl (C=O) groups excluding carboxylic acids is 1. The lowest BCUT2D eigenvalue weighted by molar-refractivity contribution is -0.139. The molecule has 0 aliphatic rings. The number of aromatic nitrogens is 1. The van der Waals surface area contributed by atoms with Crippen LogP contribution in [0.15, 0.2) is 5.38 Å². The van der Waals surface area contributed by atoms with Gasteiger partial charge in [-0.2, -0.15) is 0 Å². The predicted molar refractivity (Wildman–Crippen MR) is 72.0 cm³/mol. The highest BCUT2D eigenvalue weighted by Gasteiger charge is 2.07. The van der Waals surface area contributed by atoms with Gasteiger partial charge in [-0.05, 0) is 5.92 Å². The van der Waals surface area contributed by atoms with Crippen molar-refractivity contribution in [2.24, 2.45) is 5.92 Å². The van der Waals surface area contributed by atoms with Gasteiger partial charge < -0.3 is 14.8 Å². The molecule has 5 nitrogen and oxygen atoms in total. The Morgan fingerprint density at radius 1 is 1.56 bits per heavy atom. The average Bonchev–Trinajstić information content (AvgIpc) is 2.75.